The second-order valence-electron chi connectivity index (χ2n) is 8.30. The summed E-state index contributed by atoms with van der Waals surface area (Å²) in [7, 11) is 6.74. The van der Waals surface area contributed by atoms with E-state index >= 15 is 0 Å². The van der Waals surface area contributed by atoms with Gasteiger partial charge in [-0.2, -0.15) is 0 Å². The van der Waals surface area contributed by atoms with Gasteiger partial charge < -0.3 is 18.9 Å². The fourth-order valence-electron chi connectivity index (χ4n) is 5.64. The quantitative estimate of drug-likeness (QED) is 0.612. The SMILES string of the molecule is COc1cc2c(cc1OC)C1(C)c3ccccc3C2(C)c2cc(OC)c(OC)cc21. The van der Waals surface area contributed by atoms with E-state index in [1.54, 1.807) is 28.4 Å². The number of hydrogen-bond donors (Lipinski definition) is 0. The highest BCUT2D eigenvalue weighted by atomic mass is 16.5. The molecule has 0 fully saturated rings. The zero-order valence-electron chi connectivity index (χ0n) is 18.3. The summed E-state index contributed by atoms with van der Waals surface area (Å²) in [5.41, 5.74) is 6.87. The van der Waals surface area contributed by atoms with Crippen LogP contribution in [0.5, 0.6) is 23.0 Å². The molecule has 0 atom stereocenters. The zero-order valence-corrected chi connectivity index (χ0v) is 18.3. The Labute approximate surface area is 177 Å². The summed E-state index contributed by atoms with van der Waals surface area (Å²) in [6.07, 6.45) is 0. The average molecular weight is 402 g/mol. The van der Waals surface area contributed by atoms with Gasteiger partial charge in [-0.15, -0.1) is 0 Å². The van der Waals surface area contributed by atoms with Crippen molar-refractivity contribution in [2.24, 2.45) is 0 Å². The first-order chi connectivity index (χ1) is 14.4. The Hall–Kier alpha value is -3.14. The van der Waals surface area contributed by atoms with Crippen LogP contribution in [0.3, 0.4) is 0 Å². The Morgan fingerprint density at radius 2 is 0.733 bits per heavy atom. The minimum Gasteiger partial charge on any atom is -0.493 e. The number of benzene rings is 3. The monoisotopic (exact) mass is 402 g/mol. The molecule has 3 aromatic rings. The van der Waals surface area contributed by atoms with Gasteiger partial charge in [0.1, 0.15) is 0 Å². The van der Waals surface area contributed by atoms with Gasteiger partial charge in [0, 0.05) is 10.8 Å². The Morgan fingerprint density at radius 1 is 0.467 bits per heavy atom. The van der Waals surface area contributed by atoms with Gasteiger partial charge in [-0.25, -0.2) is 0 Å². The summed E-state index contributed by atoms with van der Waals surface area (Å²) in [6.45, 7) is 4.58. The van der Waals surface area contributed by atoms with Gasteiger partial charge in [-0.05, 0) is 71.5 Å². The molecule has 30 heavy (non-hydrogen) atoms. The fourth-order valence-corrected chi connectivity index (χ4v) is 5.64. The summed E-state index contributed by atoms with van der Waals surface area (Å²) >= 11 is 0. The van der Waals surface area contributed by atoms with Gasteiger partial charge in [0.15, 0.2) is 23.0 Å². The summed E-state index contributed by atoms with van der Waals surface area (Å²) < 4.78 is 22.7. The lowest BCUT2D eigenvalue weighted by Gasteiger charge is -2.54. The van der Waals surface area contributed by atoms with Crippen LogP contribution in [0.2, 0.25) is 0 Å². The van der Waals surface area contributed by atoms with Crippen LogP contribution in [0.4, 0.5) is 0 Å². The highest BCUT2D eigenvalue weighted by Crippen LogP contribution is 2.64. The fraction of sp³-hybridized carbons (Fsp3) is 0.308. The number of rotatable bonds is 4. The van der Waals surface area contributed by atoms with E-state index in [2.05, 4.69) is 62.4 Å². The molecule has 3 aliphatic rings. The molecule has 0 unspecified atom stereocenters. The molecule has 0 aliphatic heterocycles. The van der Waals surface area contributed by atoms with E-state index in [4.69, 9.17) is 18.9 Å². The van der Waals surface area contributed by atoms with Crippen molar-refractivity contribution in [3.63, 3.8) is 0 Å². The van der Waals surface area contributed by atoms with E-state index in [1.807, 2.05) is 0 Å². The predicted octanol–water partition coefficient (Wildman–Crippen LogP) is 5.06. The van der Waals surface area contributed by atoms with Crippen molar-refractivity contribution in [3.8, 4) is 23.0 Å². The lowest BCUT2D eigenvalue weighted by atomic mass is 9.48. The second-order valence-corrected chi connectivity index (χ2v) is 8.30. The van der Waals surface area contributed by atoms with Crippen LogP contribution in [-0.4, -0.2) is 28.4 Å². The lowest BCUT2D eigenvalue weighted by Crippen LogP contribution is -2.48. The van der Waals surface area contributed by atoms with Gasteiger partial charge in [-0.3, -0.25) is 0 Å². The Morgan fingerprint density at radius 3 is 0.967 bits per heavy atom. The molecule has 0 saturated carbocycles. The van der Waals surface area contributed by atoms with Crippen LogP contribution in [0, 0.1) is 0 Å². The van der Waals surface area contributed by atoms with Gasteiger partial charge in [-0.1, -0.05) is 24.3 Å². The molecule has 2 bridgehead atoms. The third kappa shape index (κ3) is 2.01. The smallest absolute Gasteiger partial charge is 0.161 e. The van der Waals surface area contributed by atoms with E-state index in [-0.39, 0.29) is 10.8 Å². The molecular weight excluding hydrogens is 376 g/mol. The van der Waals surface area contributed by atoms with Crippen molar-refractivity contribution in [2.75, 3.05) is 28.4 Å². The molecule has 4 heteroatoms. The molecule has 0 spiro atoms. The summed E-state index contributed by atoms with van der Waals surface area (Å²) in [5, 5.41) is 0. The maximum atomic E-state index is 5.68. The van der Waals surface area contributed by atoms with Crippen LogP contribution in [0.1, 0.15) is 47.2 Å². The van der Waals surface area contributed by atoms with Crippen LogP contribution >= 0.6 is 0 Å². The van der Waals surface area contributed by atoms with Crippen LogP contribution in [0.25, 0.3) is 0 Å². The summed E-state index contributed by atoms with van der Waals surface area (Å²) in [6, 6.07) is 17.3. The lowest BCUT2D eigenvalue weighted by molar-refractivity contribution is 0.347. The molecule has 6 rings (SSSR count). The molecule has 3 aliphatic carbocycles. The van der Waals surface area contributed by atoms with Crippen molar-refractivity contribution in [1.82, 2.24) is 0 Å². The molecule has 0 saturated heterocycles. The molecular formula is C26H26O4. The third-order valence-electron chi connectivity index (χ3n) is 7.21. The Kier molecular flexibility index (Phi) is 3.88. The van der Waals surface area contributed by atoms with Gasteiger partial charge in [0.05, 0.1) is 28.4 Å². The Bertz CT molecular complexity index is 1020. The first-order valence-corrected chi connectivity index (χ1v) is 10.1. The highest BCUT2D eigenvalue weighted by Gasteiger charge is 2.55. The topological polar surface area (TPSA) is 36.9 Å². The van der Waals surface area contributed by atoms with Gasteiger partial charge in [0.25, 0.3) is 0 Å². The van der Waals surface area contributed by atoms with E-state index in [9.17, 15) is 0 Å². The first-order valence-electron chi connectivity index (χ1n) is 10.1. The minimum absolute atomic E-state index is 0.349. The first kappa shape index (κ1) is 18.9. The molecule has 3 aromatic carbocycles. The number of hydrogen-bond acceptors (Lipinski definition) is 4. The van der Waals surface area contributed by atoms with Crippen LogP contribution < -0.4 is 18.9 Å². The third-order valence-corrected chi connectivity index (χ3v) is 7.21. The largest absolute Gasteiger partial charge is 0.493 e. The molecule has 0 heterocycles. The van der Waals surface area contributed by atoms with E-state index < -0.39 is 0 Å². The summed E-state index contributed by atoms with van der Waals surface area (Å²) in [4.78, 5) is 0. The predicted molar refractivity (Wildman–Crippen MR) is 117 cm³/mol. The molecule has 4 nitrogen and oxygen atoms in total. The van der Waals surface area contributed by atoms with E-state index in [0.717, 1.165) is 23.0 Å². The second kappa shape index (κ2) is 6.18. The number of methoxy groups -OCH3 is 4. The molecule has 0 radical (unpaired) electrons. The van der Waals surface area contributed by atoms with E-state index in [0.29, 0.717) is 0 Å². The van der Waals surface area contributed by atoms with Crippen LogP contribution in [0.15, 0.2) is 48.5 Å². The van der Waals surface area contributed by atoms with Crippen molar-refractivity contribution in [2.45, 2.75) is 24.7 Å². The van der Waals surface area contributed by atoms with Crippen molar-refractivity contribution in [1.29, 1.82) is 0 Å². The number of ether oxygens (including phenoxy) is 4. The molecule has 0 N–H and O–H groups in total. The van der Waals surface area contributed by atoms with Gasteiger partial charge in [0.2, 0.25) is 0 Å². The van der Waals surface area contributed by atoms with Crippen molar-refractivity contribution >= 4 is 0 Å². The molecule has 154 valence electrons. The molecule has 0 aromatic heterocycles. The van der Waals surface area contributed by atoms with E-state index in [1.165, 1.54) is 33.4 Å². The average Bonchev–Trinajstić information content (AvgIpc) is 2.80. The zero-order chi connectivity index (χ0) is 21.3. The summed E-state index contributed by atoms with van der Waals surface area (Å²) in [5.74, 6) is 2.97. The maximum absolute atomic E-state index is 5.68. The normalized spacial score (nSPS) is 22.6. The standard InChI is InChI=1S/C26H26O4/c1-25-15-9-7-8-10-16(15)26(2,19-13-23(29-5)21(27-3)11-17(19)25)20-14-24(30-6)22(28-4)12-18(20)25/h7-14H,1-6H3. The minimum atomic E-state index is -0.349. The van der Waals surface area contributed by atoms with Crippen LogP contribution in [-0.2, 0) is 10.8 Å². The Balaban J connectivity index is 1.96. The van der Waals surface area contributed by atoms with Crippen molar-refractivity contribution < 1.29 is 18.9 Å². The van der Waals surface area contributed by atoms with Gasteiger partial charge >= 0.3 is 0 Å². The maximum Gasteiger partial charge on any atom is 0.161 e. The highest BCUT2D eigenvalue weighted by molar-refractivity contribution is 5.77. The molecule has 0 amide bonds. The van der Waals surface area contributed by atoms with Crippen molar-refractivity contribution in [3.05, 3.63) is 81.9 Å².